The van der Waals surface area contributed by atoms with Crippen molar-refractivity contribution in [3.05, 3.63) is 0 Å². The van der Waals surface area contributed by atoms with Gasteiger partial charge in [-0.05, 0) is 13.3 Å². The number of rotatable bonds is 5. The molecule has 0 bridgehead atoms. The Kier molecular flexibility index (Phi) is 3.86. The van der Waals surface area contributed by atoms with Crippen LogP contribution in [0.1, 0.15) is 19.8 Å². The summed E-state index contributed by atoms with van der Waals surface area (Å²) in [7, 11) is 0. The maximum absolute atomic E-state index is 10.8. The second-order valence-electron chi connectivity index (χ2n) is 4.09. The summed E-state index contributed by atoms with van der Waals surface area (Å²) in [5.74, 6) is 0.0886. The minimum atomic E-state index is -1.08. The molecular formula is C9H18N2O3. The lowest BCUT2D eigenvalue weighted by Crippen LogP contribution is -2.45. The summed E-state index contributed by atoms with van der Waals surface area (Å²) in [5.41, 5.74) is -1.08. The van der Waals surface area contributed by atoms with Crippen LogP contribution in [0, 0.1) is 0 Å². The van der Waals surface area contributed by atoms with E-state index in [1.54, 1.807) is 6.92 Å². The third-order valence-electron chi connectivity index (χ3n) is 2.32. The van der Waals surface area contributed by atoms with E-state index in [9.17, 15) is 9.90 Å². The van der Waals surface area contributed by atoms with E-state index in [-0.39, 0.29) is 18.6 Å². The molecule has 0 aromatic carbocycles. The highest BCUT2D eigenvalue weighted by Gasteiger charge is 2.22. The van der Waals surface area contributed by atoms with Gasteiger partial charge in [0.1, 0.15) is 0 Å². The number of amides is 1. The Morgan fingerprint density at radius 3 is 2.93 bits per heavy atom. The Morgan fingerprint density at radius 2 is 2.43 bits per heavy atom. The van der Waals surface area contributed by atoms with Crippen molar-refractivity contribution in [3.63, 3.8) is 0 Å². The SMILES string of the molecule is CC(O)(CO)CNCC1CCC(=O)N1. The van der Waals surface area contributed by atoms with Crippen molar-refractivity contribution in [1.29, 1.82) is 0 Å². The van der Waals surface area contributed by atoms with E-state index < -0.39 is 5.60 Å². The Morgan fingerprint density at radius 1 is 1.71 bits per heavy atom. The van der Waals surface area contributed by atoms with E-state index in [1.807, 2.05) is 0 Å². The van der Waals surface area contributed by atoms with E-state index in [2.05, 4.69) is 10.6 Å². The van der Waals surface area contributed by atoms with Crippen LogP contribution in [0.4, 0.5) is 0 Å². The van der Waals surface area contributed by atoms with Crippen LogP contribution in [0.2, 0.25) is 0 Å². The lowest BCUT2D eigenvalue weighted by Gasteiger charge is -2.21. The van der Waals surface area contributed by atoms with Gasteiger partial charge < -0.3 is 20.8 Å². The molecular weight excluding hydrogens is 184 g/mol. The van der Waals surface area contributed by atoms with Crippen LogP contribution < -0.4 is 10.6 Å². The highest BCUT2D eigenvalue weighted by Crippen LogP contribution is 2.05. The smallest absolute Gasteiger partial charge is 0.220 e. The molecule has 5 nitrogen and oxygen atoms in total. The van der Waals surface area contributed by atoms with Crippen molar-refractivity contribution in [1.82, 2.24) is 10.6 Å². The predicted octanol–water partition coefficient (Wildman–Crippen LogP) is -1.40. The normalized spacial score (nSPS) is 25.9. The first-order valence-corrected chi connectivity index (χ1v) is 4.87. The summed E-state index contributed by atoms with van der Waals surface area (Å²) in [6, 6.07) is 0.164. The van der Waals surface area contributed by atoms with E-state index in [1.165, 1.54) is 0 Å². The molecule has 1 rings (SSSR count). The molecule has 82 valence electrons. The number of nitrogens with one attached hydrogen (secondary N) is 2. The minimum absolute atomic E-state index is 0.0886. The van der Waals surface area contributed by atoms with Gasteiger partial charge in [-0.3, -0.25) is 4.79 Å². The van der Waals surface area contributed by atoms with Gasteiger partial charge >= 0.3 is 0 Å². The summed E-state index contributed by atoms with van der Waals surface area (Å²) in [6.45, 7) is 2.27. The van der Waals surface area contributed by atoms with Crippen molar-refractivity contribution in [2.45, 2.75) is 31.4 Å². The van der Waals surface area contributed by atoms with E-state index in [0.29, 0.717) is 19.5 Å². The topological polar surface area (TPSA) is 81.6 Å². The van der Waals surface area contributed by atoms with Gasteiger partial charge in [0.25, 0.3) is 0 Å². The molecule has 5 heteroatoms. The zero-order valence-electron chi connectivity index (χ0n) is 8.42. The van der Waals surface area contributed by atoms with Crippen LogP contribution in [0.3, 0.4) is 0 Å². The molecule has 2 atom stereocenters. The fraction of sp³-hybridized carbons (Fsp3) is 0.889. The van der Waals surface area contributed by atoms with E-state index in [0.717, 1.165) is 6.42 Å². The summed E-state index contributed by atoms with van der Waals surface area (Å²) in [4.78, 5) is 10.8. The van der Waals surface area contributed by atoms with Crippen LogP contribution in [-0.2, 0) is 4.79 Å². The largest absolute Gasteiger partial charge is 0.393 e. The van der Waals surface area contributed by atoms with Crippen LogP contribution in [0.25, 0.3) is 0 Å². The zero-order chi connectivity index (χ0) is 10.6. The van der Waals surface area contributed by atoms with Crippen molar-refractivity contribution < 1.29 is 15.0 Å². The highest BCUT2D eigenvalue weighted by atomic mass is 16.3. The van der Waals surface area contributed by atoms with Gasteiger partial charge in [0.2, 0.25) is 5.91 Å². The average Bonchev–Trinajstić information content (AvgIpc) is 2.51. The first-order valence-electron chi connectivity index (χ1n) is 4.87. The number of aliphatic hydroxyl groups excluding tert-OH is 1. The molecule has 1 fully saturated rings. The van der Waals surface area contributed by atoms with Crippen LogP contribution in [-0.4, -0.2) is 47.5 Å². The Bertz CT molecular complexity index is 206. The van der Waals surface area contributed by atoms with Crippen LogP contribution in [0.15, 0.2) is 0 Å². The molecule has 1 heterocycles. The van der Waals surface area contributed by atoms with Gasteiger partial charge in [-0.25, -0.2) is 0 Å². The average molecular weight is 202 g/mol. The lowest BCUT2D eigenvalue weighted by molar-refractivity contribution is -0.119. The molecule has 14 heavy (non-hydrogen) atoms. The predicted molar refractivity (Wildman–Crippen MR) is 51.7 cm³/mol. The van der Waals surface area contributed by atoms with Gasteiger partial charge in [0, 0.05) is 25.6 Å². The first-order chi connectivity index (χ1) is 6.53. The molecule has 1 saturated heterocycles. The third-order valence-corrected chi connectivity index (χ3v) is 2.32. The number of carbonyl (C=O) groups excluding carboxylic acids is 1. The maximum Gasteiger partial charge on any atom is 0.220 e. The van der Waals surface area contributed by atoms with Gasteiger partial charge in [0.15, 0.2) is 0 Å². The fourth-order valence-electron chi connectivity index (χ4n) is 1.40. The van der Waals surface area contributed by atoms with Crippen LogP contribution >= 0.6 is 0 Å². The third kappa shape index (κ3) is 3.61. The van der Waals surface area contributed by atoms with E-state index >= 15 is 0 Å². The van der Waals surface area contributed by atoms with Gasteiger partial charge in [-0.15, -0.1) is 0 Å². The molecule has 0 spiro atoms. The molecule has 0 saturated carbocycles. The van der Waals surface area contributed by atoms with Crippen LogP contribution in [0.5, 0.6) is 0 Å². The summed E-state index contributed by atoms with van der Waals surface area (Å²) in [5, 5.41) is 24.0. The molecule has 0 aromatic rings. The van der Waals surface area contributed by atoms with Gasteiger partial charge in [-0.2, -0.15) is 0 Å². The lowest BCUT2D eigenvalue weighted by atomic mass is 10.1. The van der Waals surface area contributed by atoms with Gasteiger partial charge in [0.05, 0.1) is 12.2 Å². The first kappa shape index (κ1) is 11.4. The summed E-state index contributed by atoms with van der Waals surface area (Å²) >= 11 is 0. The maximum atomic E-state index is 10.8. The van der Waals surface area contributed by atoms with Crippen molar-refractivity contribution >= 4 is 5.91 Å². The monoisotopic (exact) mass is 202 g/mol. The fourth-order valence-corrected chi connectivity index (χ4v) is 1.40. The quantitative estimate of drug-likeness (QED) is 0.442. The molecule has 2 unspecified atom stereocenters. The molecule has 0 aromatic heterocycles. The molecule has 0 aliphatic carbocycles. The van der Waals surface area contributed by atoms with Crippen molar-refractivity contribution in [2.75, 3.05) is 19.7 Å². The summed E-state index contributed by atoms with van der Waals surface area (Å²) in [6.07, 6.45) is 1.43. The number of carbonyl (C=O) groups is 1. The Labute approximate surface area is 83.5 Å². The second-order valence-corrected chi connectivity index (χ2v) is 4.09. The molecule has 1 aliphatic heterocycles. The van der Waals surface area contributed by atoms with Crippen molar-refractivity contribution in [2.24, 2.45) is 0 Å². The van der Waals surface area contributed by atoms with Gasteiger partial charge in [-0.1, -0.05) is 0 Å². The molecule has 1 amide bonds. The molecule has 4 N–H and O–H groups in total. The highest BCUT2D eigenvalue weighted by molar-refractivity contribution is 5.78. The Balaban J connectivity index is 2.12. The minimum Gasteiger partial charge on any atom is -0.393 e. The van der Waals surface area contributed by atoms with E-state index in [4.69, 9.17) is 5.11 Å². The number of aliphatic hydroxyl groups is 2. The number of hydrogen-bond donors (Lipinski definition) is 4. The molecule has 1 aliphatic rings. The number of hydrogen-bond acceptors (Lipinski definition) is 4. The zero-order valence-corrected chi connectivity index (χ0v) is 8.42. The standard InChI is InChI=1S/C9H18N2O3/c1-9(14,6-12)5-10-4-7-2-3-8(13)11-7/h7,10,12,14H,2-6H2,1H3,(H,11,13). The second kappa shape index (κ2) is 4.72. The van der Waals surface area contributed by atoms with Crippen molar-refractivity contribution in [3.8, 4) is 0 Å². The summed E-state index contributed by atoms with van der Waals surface area (Å²) < 4.78 is 0. The molecule has 0 radical (unpaired) electrons. The Hall–Kier alpha value is -0.650.